The summed E-state index contributed by atoms with van der Waals surface area (Å²) in [6.07, 6.45) is 12.3. The third-order valence-corrected chi connectivity index (χ3v) is 19.5. The molecule has 9 rings (SSSR count). The lowest BCUT2D eigenvalue weighted by Crippen LogP contribution is -2.78. The lowest BCUT2D eigenvalue weighted by molar-refractivity contribution is -0.191. The zero-order valence-electron chi connectivity index (χ0n) is 58.8. The predicted molar refractivity (Wildman–Crippen MR) is 359 cm³/mol. The first-order chi connectivity index (χ1) is 49.4. The van der Waals surface area contributed by atoms with Crippen LogP contribution in [0.1, 0.15) is 105 Å². The van der Waals surface area contributed by atoms with Gasteiger partial charge in [-0.15, -0.1) is 10.2 Å². The Kier molecular flexibility index (Phi) is 32.7. The zero-order chi connectivity index (χ0) is 71.0. The number of pyridine rings is 1. The molecule has 7 unspecified atom stereocenters. The van der Waals surface area contributed by atoms with Crippen LogP contribution >= 0.6 is 0 Å². The smallest absolute Gasteiger partial charge is 0.313 e. The second-order valence-corrected chi connectivity index (χ2v) is 26.6. The van der Waals surface area contributed by atoms with Crippen LogP contribution in [-0.4, -0.2) is 287 Å². The van der Waals surface area contributed by atoms with E-state index < -0.39 is 39.9 Å². The molecule has 4 aromatic rings. The van der Waals surface area contributed by atoms with E-state index in [1.807, 2.05) is 19.9 Å². The van der Waals surface area contributed by atoms with Crippen LogP contribution in [0.5, 0.6) is 11.5 Å². The van der Waals surface area contributed by atoms with Gasteiger partial charge in [-0.1, -0.05) is 30.3 Å². The Morgan fingerprint density at radius 2 is 1.09 bits per heavy atom. The Morgan fingerprint density at radius 1 is 0.604 bits per heavy atom. The average molecular weight is 1430 g/mol. The van der Waals surface area contributed by atoms with Gasteiger partial charge in [-0.2, -0.15) is 0 Å². The molecule has 2 aliphatic heterocycles. The molecule has 1 amide bonds. The van der Waals surface area contributed by atoms with Crippen LogP contribution in [0.2, 0.25) is 0 Å². The summed E-state index contributed by atoms with van der Waals surface area (Å²) in [7, 11) is 0. The Hall–Kier alpha value is -5.82. The van der Waals surface area contributed by atoms with Crippen LogP contribution in [0.15, 0.2) is 49.1 Å². The summed E-state index contributed by atoms with van der Waals surface area (Å²) in [6.45, 7) is 14.9. The van der Waals surface area contributed by atoms with Crippen LogP contribution < -0.4 is 14.8 Å². The first kappa shape index (κ1) is 79.3. The van der Waals surface area contributed by atoms with E-state index in [4.69, 9.17) is 76.2 Å². The number of amides is 1. The van der Waals surface area contributed by atoms with E-state index in [-0.39, 0.29) is 104 Å². The molecule has 1 aromatic carbocycles. The van der Waals surface area contributed by atoms with Crippen molar-refractivity contribution in [3.8, 4) is 11.5 Å². The summed E-state index contributed by atoms with van der Waals surface area (Å²) in [5, 5.41) is 62.6. The number of hydrogen-bond acceptors (Lipinski definition) is 27. The van der Waals surface area contributed by atoms with Gasteiger partial charge in [0.05, 0.1) is 240 Å². The van der Waals surface area contributed by atoms with Gasteiger partial charge in [-0.25, -0.2) is 9.36 Å². The van der Waals surface area contributed by atoms with Crippen molar-refractivity contribution >= 4 is 17.8 Å². The fourth-order valence-electron chi connectivity index (χ4n) is 13.4. The molecule has 2 bridgehead atoms. The van der Waals surface area contributed by atoms with Crippen molar-refractivity contribution < 1.29 is 106 Å². The second kappa shape index (κ2) is 41.6. The minimum absolute atomic E-state index is 0.0158. The highest BCUT2D eigenvalue weighted by Gasteiger charge is 2.73. The third kappa shape index (κ3) is 23.3. The number of aliphatic carboxylic acids is 1. The largest absolute Gasteiger partial charge is 0.483 e. The maximum atomic E-state index is 13.5. The number of carbonyl (C=O) groups excluding carboxylic acids is 2. The molecule has 3 fully saturated rings. The monoisotopic (exact) mass is 1430 g/mol. The molecule has 3 aliphatic carbocycles. The molecule has 1 spiro atoms. The number of carbonyl (C=O) groups is 3. The molecule has 31 heteroatoms. The predicted octanol–water partition coefficient (Wildman–Crippen LogP) is 2.79. The van der Waals surface area contributed by atoms with Crippen LogP contribution in [0.4, 0.5) is 0 Å². The summed E-state index contributed by atoms with van der Waals surface area (Å²) in [5.74, 6) is -0.103. The van der Waals surface area contributed by atoms with Crippen molar-refractivity contribution in [2.24, 2.45) is 16.7 Å². The quantitative estimate of drug-likeness (QED) is 0.0241. The van der Waals surface area contributed by atoms with Crippen LogP contribution in [-0.2, 0) is 109 Å². The topological polar surface area (TPSA) is 360 Å². The summed E-state index contributed by atoms with van der Waals surface area (Å²) in [4.78, 5) is 43.9. The lowest BCUT2D eigenvalue weighted by Gasteiger charge is -2.64. The van der Waals surface area contributed by atoms with Crippen LogP contribution in [0, 0.1) is 16.7 Å². The number of aromatic nitrogens is 7. The number of esters is 1. The minimum Gasteiger partial charge on any atom is -0.483 e. The molecular formula is C70H107N9O22. The number of hydrogen-bond donors (Lipinski definition) is 5. The van der Waals surface area contributed by atoms with E-state index in [9.17, 15) is 29.7 Å². The van der Waals surface area contributed by atoms with Gasteiger partial charge in [0.1, 0.15) is 17.5 Å². The van der Waals surface area contributed by atoms with Crippen molar-refractivity contribution in [3.63, 3.8) is 0 Å². The highest BCUT2D eigenvalue weighted by atomic mass is 16.6. The van der Waals surface area contributed by atoms with Crippen molar-refractivity contribution in [1.29, 1.82) is 0 Å². The maximum absolute atomic E-state index is 13.5. The molecule has 101 heavy (non-hydrogen) atoms. The van der Waals surface area contributed by atoms with Gasteiger partial charge in [-0.3, -0.25) is 24.3 Å². The number of benzene rings is 1. The average Bonchev–Trinajstić information content (AvgIpc) is 1.56. The molecule has 3 aromatic heterocycles. The summed E-state index contributed by atoms with van der Waals surface area (Å²) >= 11 is 0. The highest BCUT2D eigenvalue weighted by Crippen LogP contribution is 2.66. The van der Waals surface area contributed by atoms with Gasteiger partial charge in [0.25, 0.3) is 5.91 Å². The van der Waals surface area contributed by atoms with E-state index in [0.717, 1.165) is 24.2 Å². The number of ether oxygens (including phenoxy) is 15. The number of aliphatic hydroxyl groups is 3. The number of carboxylic acid groups (broad SMARTS) is 1. The van der Waals surface area contributed by atoms with Crippen molar-refractivity contribution in [2.45, 2.75) is 134 Å². The number of carboxylic acids is 1. The second-order valence-electron chi connectivity index (χ2n) is 26.6. The minimum atomic E-state index is -1.07. The molecule has 5 aliphatic rings. The first-order valence-corrected chi connectivity index (χ1v) is 35.8. The molecule has 31 nitrogen and oxygen atoms in total. The number of aliphatic hydroxyl groups excluding tert-OH is 2. The Morgan fingerprint density at radius 3 is 1.57 bits per heavy atom. The molecule has 2 saturated carbocycles. The van der Waals surface area contributed by atoms with Crippen LogP contribution in [0.3, 0.4) is 0 Å². The molecule has 7 atom stereocenters. The Bertz CT molecular complexity index is 3070. The van der Waals surface area contributed by atoms with E-state index in [0.29, 0.717) is 198 Å². The molecule has 1 saturated heterocycles. The Labute approximate surface area is 590 Å². The van der Waals surface area contributed by atoms with Gasteiger partial charge in [0.2, 0.25) is 0 Å². The summed E-state index contributed by atoms with van der Waals surface area (Å²) in [5.41, 5.74) is 0.595. The molecule has 5 heterocycles. The van der Waals surface area contributed by atoms with E-state index in [1.165, 1.54) is 12.8 Å². The zero-order valence-corrected chi connectivity index (χ0v) is 58.8. The number of nitrogens with zero attached hydrogens (tertiary/aromatic N) is 8. The maximum Gasteiger partial charge on any atom is 0.313 e. The van der Waals surface area contributed by atoms with Crippen LogP contribution in [0.25, 0.3) is 0 Å². The van der Waals surface area contributed by atoms with Gasteiger partial charge in [0.15, 0.2) is 11.5 Å². The van der Waals surface area contributed by atoms with E-state index >= 15 is 0 Å². The van der Waals surface area contributed by atoms with Gasteiger partial charge >= 0.3 is 11.9 Å². The van der Waals surface area contributed by atoms with Crippen molar-refractivity contribution in [2.75, 3.05) is 185 Å². The molecule has 5 N–H and O–H groups in total. The van der Waals surface area contributed by atoms with E-state index in [2.05, 4.69) is 35.8 Å². The normalized spacial score (nSPS) is 21.1. The number of rotatable bonds is 57. The number of piperidine rings is 1. The fraction of sp³-hybridized carbons (Fsp3) is 0.743. The van der Waals surface area contributed by atoms with Gasteiger partial charge in [0, 0.05) is 46.9 Å². The first-order valence-electron chi connectivity index (χ1n) is 35.8. The fourth-order valence-corrected chi connectivity index (χ4v) is 13.4. The summed E-state index contributed by atoms with van der Waals surface area (Å²) in [6, 6.07) is 6.75. The number of likely N-dealkylation sites (tertiary alicyclic amines) is 1. The molecular weight excluding hydrogens is 1320 g/mol. The molecule has 0 radical (unpaired) electrons. The lowest BCUT2D eigenvalue weighted by atomic mass is 9.48. The third-order valence-electron chi connectivity index (χ3n) is 19.5. The summed E-state index contributed by atoms with van der Waals surface area (Å²) < 4.78 is 90.1. The standard InChI is InChI=1S/C70H107N9O22/c1-3-67(47-80,49-97-45-56-43-78(75-73-56)19-23-89-27-31-93-35-39-95-37-33-91-29-25-87-21-12-61(82)83)51-99-52-68(4-2,48-81)50-98-46-57-44-79(76-74-57)20-24-90-28-32-94-36-40-96-38-34-92-30-26-88-22-13-62(84)100-59-8-7-55-41-60-70(86)14-9-58(72-66(85)54-10-16-71-17-11-54)65-69(70,63(55)64(59)101-65)15-18-77(60)42-53-5-6-53/h7-8,10-11,16-17,43-44,53,58,60,65,80-81,86H,3-6,9,12-15,18-42,45-52H2,1-2H3,(H,72,85)(H,82,83). The van der Waals surface area contributed by atoms with Crippen molar-refractivity contribution in [3.05, 3.63) is 77.1 Å². The highest BCUT2D eigenvalue weighted by molar-refractivity contribution is 5.94. The number of nitrogens with one attached hydrogen (secondary N) is 1. The SMILES string of the molecule is CCC(CO)(COCc1cn(CCOCCOCCOCCOCCOCCC(=O)O)nn1)COCC(CC)(CO)COCc1cn(CCOCCOCCOCCOCCOCCC(=O)Oc2ccc3c4c2OC2C(NC(=O)c5ccncc5)CCC5(O)C(C3)N(CC3CC3)CCC425)nn1. The van der Waals surface area contributed by atoms with Gasteiger partial charge in [-0.05, 0) is 87.6 Å². The van der Waals surface area contributed by atoms with E-state index in [1.54, 1.807) is 52.4 Å². The Balaban J connectivity index is 0.551. The van der Waals surface area contributed by atoms with Crippen molar-refractivity contribution in [1.82, 2.24) is 45.2 Å². The molecule has 564 valence electrons. The van der Waals surface area contributed by atoms with Gasteiger partial charge < -0.3 is 96.8 Å².